The van der Waals surface area contributed by atoms with Gasteiger partial charge >= 0.3 is 6.09 Å². The van der Waals surface area contributed by atoms with Crippen LogP contribution in [0.5, 0.6) is 11.5 Å². The smallest absolute Gasteiger partial charge is 0.409 e. The van der Waals surface area contributed by atoms with E-state index in [2.05, 4.69) is 4.90 Å². The monoisotopic (exact) mass is 604 g/mol. The Bertz CT molecular complexity index is 1130. The minimum absolute atomic E-state index is 0.0152. The molecule has 1 heterocycles. The van der Waals surface area contributed by atoms with Crippen molar-refractivity contribution in [3.8, 4) is 11.5 Å². The van der Waals surface area contributed by atoms with E-state index in [4.69, 9.17) is 26.3 Å². The molecule has 0 saturated carbocycles. The van der Waals surface area contributed by atoms with Gasteiger partial charge in [-0.15, -0.1) is 0 Å². The van der Waals surface area contributed by atoms with Crippen molar-refractivity contribution < 1.29 is 37.3 Å². The van der Waals surface area contributed by atoms with Crippen LogP contribution in [0.1, 0.15) is 26.7 Å². The number of nitrogens with one attached hydrogen (secondary N) is 1. The average Bonchev–Trinajstić information content (AvgIpc) is 2.95. The normalized spacial score (nSPS) is 14.6. The Hall–Kier alpha value is -2.84. The fourth-order valence-corrected chi connectivity index (χ4v) is 4.92. The van der Waals surface area contributed by atoms with Gasteiger partial charge in [0, 0.05) is 38.2 Å². The summed E-state index contributed by atoms with van der Waals surface area (Å²) in [7, 11) is 1.23. The summed E-state index contributed by atoms with van der Waals surface area (Å²) in [4.78, 5) is 27.4. The van der Waals surface area contributed by atoms with Gasteiger partial charge in [0.1, 0.15) is 22.8 Å². The molecule has 2 N–H and O–H groups in total. The van der Waals surface area contributed by atoms with Gasteiger partial charge in [-0.05, 0) is 56.3 Å². The van der Waals surface area contributed by atoms with Gasteiger partial charge in [-0.1, -0.05) is 25.4 Å². The van der Waals surface area contributed by atoms with Gasteiger partial charge in [-0.25, -0.2) is 27.6 Å². The van der Waals surface area contributed by atoms with E-state index in [1.807, 2.05) is 20.9 Å². The molecule has 14 heteroatoms. The van der Waals surface area contributed by atoms with Crippen molar-refractivity contribution in [2.24, 2.45) is 0 Å². The third-order valence-corrected chi connectivity index (χ3v) is 7.49. The Morgan fingerprint density at radius 2 is 1.70 bits per heavy atom. The third kappa shape index (κ3) is 9.97. The number of likely N-dealkylation sites (N-methyl/N-ethyl adjacent to an activating group) is 1. The molecule has 2 aromatic carbocycles. The molecule has 1 fully saturated rings. The number of benzene rings is 2. The number of nitrogens with zero attached hydrogens (tertiary/aromatic N) is 3. The number of ether oxygens (including phenoxy) is 2. The zero-order valence-electron chi connectivity index (χ0n) is 22.9. The molecular weight excluding hydrogens is 570 g/mol. The molecule has 0 aliphatic carbocycles. The van der Waals surface area contributed by atoms with Gasteiger partial charge < -0.3 is 19.3 Å². The van der Waals surface area contributed by atoms with Gasteiger partial charge in [0.05, 0.1) is 11.4 Å². The Kier molecular flexibility index (Phi) is 13.7. The van der Waals surface area contributed by atoms with Crippen LogP contribution in [0.3, 0.4) is 0 Å². The Morgan fingerprint density at radius 3 is 2.25 bits per heavy atom. The van der Waals surface area contributed by atoms with E-state index in [-0.39, 0.29) is 29.8 Å². The number of amides is 2. The Labute approximate surface area is 240 Å². The van der Waals surface area contributed by atoms with Crippen LogP contribution < -0.4 is 10.2 Å². The predicted molar refractivity (Wildman–Crippen MR) is 147 cm³/mol. The second-order valence-electron chi connectivity index (χ2n) is 8.73. The average molecular weight is 605 g/mol. The number of halogens is 3. The summed E-state index contributed by atoms with van der Waals surface area (Å²) >= 11 is 5.80. The highest BCUT2D eigenvalue weighted by atomic mass is 35.5. The van der Waals surface area contributed by atoms with Crippen LogP contribution >= 0.6 is 11.6 Å². The minimum atomic E-state index is -2.24. The molecular formula is C26H35ClF2N4O6S. The maximum Gasteiger partial charge on any atom is 0.409 e. The summed E-state index contributed by atoms with van der Waals surface area (Å²) in [6, 6.07) is 7.48. The lowest BCUT2D eigenvalue weighted by Crippen LogP contribution is -2.43. The lowest BCUT2D eigenvalue weighted by molar-refractivity contribution is -0.129. The number of rotatable bonds is 10. The van der Waals surface area contributed by atoms with Crippen molar-refractivity contribution in [1.82, 2.24) is 19.6 Å². The van der Waals surface area contributed by atoms with E-state index < -0.39 is 46.9 Å². The van der Waals surface area contributed by atoms with Gasteiger partial charge in [0.15, 0.2) is 17.4 Å². The van der Waals surface area contributed by atoms with Crippen LogP contribution in [0, 0.1) is 11.6 Å². The van der Waals surface area contributed by atoms with Gasteiger partial charge in [0.2, 0.25) is 0 Å². The molecule has 1 aliphatic heterocycles. The number of hydrogen-bond acceptors (Lipinski definition) is 7. The number of likely N-dealkylation sites (tertiary alicyclic amines) is 1. The van der Waals surface area contributed by atoms with E-state index in [9.17, 15) is 22.6 Å². The number of carbonyl (C=O) groups is 2. The molecule has 0 spiro atoms. The van der Waals surface area contributed by atoms with Crippen molar-refractivity contribution >= 4 is 34.6 Å². The van der Waals surface area contributed by atoms with Gasteiger partial charge in [-0.3, -0.25) is 10.0 Å². The topological polar surface area (TPSA) is 112 Å². The maximum absolute atomic E-state index is 14.8. The second kappa shape index (κ2) is 16.4. The zero-order chi connectivity index (χ0) is 29.8. The van der Waals surface area contributed by atoms with Crippen LogP contribution in [-0.2, 0) is 20.5 Å². The summed E-state index contributed by atoms with van der Waals surface area (Å²) in [6.45, 7) is 4.89. The van der Waals surface area contributed by atoms with Gasteiger partial charge in [-0.2, -0.15) is 0 Å². The highest BCUT2D eigenvalue weighted by molar-refractivity contribution is 7.82. The molecule has 0 radical (unpaired) electrons. The SMILES string of the molecule is CC.CN1CCC(OC(=O)N(C)CCN(CC(=O)NO)S(=O)c2cc(F)c(Oc3ccc(Cl)cc3)c(F)c2)CC1. The fourth-order valence-electron chi connectivity index (χ4n) is 3.61. The van der Waals surface area contributed by atoms with E-state index in [0.717, 1.165) is 29.5 Å². The molecule has 0 aromatic heterocycles. The lowest BCUT2D eigenvalue weighted by atomic mass is 10.1. The van der Waals surface area contributed by atoms with Crippen molar-refractivity contribution in [1.29, 1.82) is 0 Å². The molecule has 1 unspecified atom stereocenters. The molecule has 2 aromatic rings. The number of hydroxylamine groups is 1. The van der Waals surface area contributed by atoms with Crippen LogP contribution in [0.25, 0.3) is 0 Å². The molecule has 1 atom stereocenters. The zero-order valence-corrected chi connectivity index (χ0v) is 24.4. The van der Waals surface area contributed by atoms with Crippen molar-refractivity contribution in [3.63, 3.8) is 0 Å². The first-order valence-electron chi connectivity index (χ1n) is 12.7. The highest BCUT2D eigenvalue weighted by Gasteiger charge is 2.25. The van der Waals surface area contributed by atoms with E-state index in [1.165, 1.54) is 41.7 Å². The molecule has 0 bridgehead atoms. The molecule has 40 heavy (non-hydrogen) atoms. The third-order valence-electron chi connectivity index (χ3n) is 5.82. The van der Waals surface area contributed by atoms with Crippen LogP contribution in [-0.4, -0.2) is 88.4 Å². The van der Waals surface area contributed by atoms with E-state index >= 15 is 0 Å². The summed E-state index contributed by atoms with van der Waals surface area (Å²) in [5.74, 6) is -3.71. The largest absolute Gasteiger partial charge is 0.451 e. The summed E-state index contributed by atoms with van der Waals surface area (Å²) in [5.41, 5.74) is 1.43. The lowest BCUT2D eigenvalue weighted by Gasteiger charge is -2.30. The van der Waals surface area contributed by atoms with Crippen LogP contribution in [0.2, 0.25) is 5.02 Å². The highest BCUT2D eigenvalue weighted by Crippen LogP contribution is 2.30. The first-order valence-corrected chi connectivity index (χ1v) is 14.2. The van der Waals surface area contributed by atoms with E-state index in [1.54, 1.807) is 0 Å². The summed E-state index contributed by atoms with van der Waals surface area (Å²) in [6.07, 6.45) is 0.610. The molecule has 10 nitrogen and oxygen atoms in total. The molecule has 2 amide bonds. The quantitative estimate of drug-likeness (QED) is 0.305. The maximum atomic E-state index is 14.8. The number of piperidine rings is 1. The van der Waals surface area contributed by atoms with Gasteiger partial charge in [0.25, 0.3) is 5.91 Å². The first kappa shape index (κ1) is 33.4. The Balaban J connectivity index is 0.00000274. The van der Waals surface area contributed by atoms with Crippen LogP contribution in [0.4, 0.5) is 13.6 Å². The van der Waals surface area contributed by atoms with Crippen molar-refractivity contribution in [3.05, 3.63) is 53.1 Å². The molecule has 3 rings (SSSR count). The molecule has 222 valence electrons. The van der Waals surface area contributed by atoms with Crippen molar-refractivity contribution in [2.75, 3.05) is 46.8 Å². The second-order valence-corrected chi connectivity index (χ2v) is 10.7. The Morgan fingerprint density at radius 1 is 1.12 bits per heavy atom. The fraction of sp³-hybridized carbons (Fsp3) is 0.462. The minimum Gasteiger partial charge on any atom is -0.451 e. The summed E-state index contributed by atoms with van der Waals surface area (Å²) < 4.78 is 54.5. The number of carbonyl (C=O) groups excluding carboxylic acids is 2. The van der Waals surface area contributed by atoms with Crippen LogP contribution in [0.15, 0.2) is 41.3 Å². The molecule has 1 saturated heterocycles. The predicted octanol–water partition coefficient (Wildman–Crippen LogP) is 4.43. The first-order chi connectivity index (χ1) is 19.1. The number of hydrogen-bond donors (Lipinski definition) is 2. The standard InChI is InChI=1S/C24H29ClF2N4O6S.C2H6/c1-29-9-7-18(8-10-29)37-24(33)30(2)11-12-31(15-22(32)28-34)38(35)19-13-20(26)23(21(27)14-19)36-17-5-3-16(25)4-6-17;1-2/h3-6,13-14,18,34H,7-12,15H2,1-2H3,(H,28,32);1-2H3. The van der Waals surface area contributed by atoms with E-state index in [0.29, 0.717) is 17.9 Å². The summed E-state index contributed by atoms with van der Waals surface area (Å²) in [5, 5.41) is 9.34. The molecule has 1 aliphatic rings. The van der Waals surface area contributed by atoms with Crippen molar-refractivity contribution in [2.45, 2.75) is 37.7 Å².